The van der Waals surface area contributed by atoms with Gasteiger partial charge in [0, 0.05) is 32.2 Å². The first-order valence-corrected chi connectivity index (χ1v) is 5.59. The van der Waals surface area contributed by atoms with Gasteiger partial charge in [-0.3, -0.25) is 0 Å². The number of nitrogens with zero attached hydrogens (tertiary/aromatic N) is 4. The fourth-order valence-electron chi connectivity index (χ4n) is 1.38. The molecule has 1 aromatic heterocycles. The Morgan fingerprint density at radius 1 is 1.11 bits per heavy atom. The van der Waals surface area contributed by atoms with Crippen LogP contribution in [0.4, 0.5) is 11.6 Å². The van der Waals surface area contributed by atoms with Crippen LogP contribution in [0.5, 0.6) is 0 Å². The smallest absolute Gasteiger partial charge is 0.243 e. The maximum Gasteiger partial charge on any atom is 0.243 e. The highest BCUT2D eigenvalue weighted by Crippen LogP contribution is 2.10. The predicted molar refractivity (Wildman–Crippen MR) is 74.0 cm³/mol. The van der Waals surface area contributed by atoms with Gasteiger partial charge < -0.3 is 4.90 Å². The third kappa shape index (κ3) is 3.28. The first-order valence-electron chi connectivity index (χ1n) is 5.59. The van der Waals surface area contributed by atoms with E-state index in [0.717, 1.165) is 11.3 Å². The van der Waals surface area contributed by atoms with Crippen LogP contribution in [0.25, 0.3) is 0 Å². The molecule has 5 nitrogen and oxygen atoms in total. The van der Waals surface area contributed by atoms with Gasteiger partial charge in [-0.15, -0.1) is 0 Å². The molecule has 1 aromatic carbocycles. The van der Waals surface area contributed by atoms with E-state index in [2.05, 4.69) is 25.4 Å². The summed E-state index contributed by atoms with van der Waals surface area (Å²) in [6.07, 6.45) is 5.06. The Morgan fingerprint density at radius 2 is 1.78 bits per heavy atom. The van der Waals surface area contributed by atoms with E-state index < -0.39 is 0 Å². The molecule has 2 aromatic rings. The molecule has 0 aliphatic rings. The number of nitrogens with one attached hydrogen (secondary N) is 1. The molecule has 0 fully saturated rings. The third-order valence-electron chi connectivity index (χ3n) is 2.35. The van der Waals surface area contributed by atoms with Crippen molar-refractivity contribution in [3.63, 3.8) is 0 Å². The Labute approximate surface area is 106 Å². The quantitative estimate of drug-likeness (QED) is 0.657. The van der Waals surface area contributed by atoms with E-state index >= 15 is 0 Å². The molecule has 0 amide bonds. The Hall–Kier alpha value is -2.43. The van der Waals surface area contributed by atoms with Gasteiger partial charge in [-0.05, 0) is 23.8 Å². The molecular weight excluding hydrogens is 226 g/mol. The van der Waals surface area contributed by atoms with Gasteiger partial charge in [0.2, 0.25) is 5.95 Å². The van der Waals surface area contributed by atoms with E-state index in [0.29, 0.717) is 5.95 Å². The van der Waals surface area contributed by atoms with Crippen molar-refractivity contribution in [3.8, 4) is 0 Å². The number of anilines is 2. The van der Waals surface area contributed by atoms with Crippen LogP contribution in [0, 0.1) is 0 Å². The van der Waals surface area contributed by atoms with Crippen LogP contribution in [-0.2, 0) is 0 Å². The van der Waals surface area contributed by atoms with E-state index in [1.54, 1.807) is 24.7 Å². The Bertz CT molecular complexity index is 505. The average molecular weight is 241 g/mol. The number of aromatic nitrogens is 2. The lowest BCUT2D eigenvalue weighted by Gasteiger charge is -2.11. The van der Waals surface area contributed by atoms with E-state index in [9.17, 15) is 0 Å². The minimum Gasteiger partial charge on any atom is -0.378 e. The van der Waals surface area contributed by atoms with E-state index in [-0.39, 0.29) is 0 Å². The zero-order chi connectivity index (χ0) is 12.8. The number of hydrogen-bond acceptors (Lipinski definition) is 5. The van der Waals surface area contributed by atoms with Crippen molar-refractivity contribution < 1.29 is 0 Å². The van der Waals surface area contributed by atoms with Crippen LogP contribution in [0.1, 0.15) is 5.56 Å². The predicted octanol–water partition coefficient (Wildman–Crippen LogP) is 1.99. The van der Waals surface area contributed by atoms with Gasteiger partial charge in [0.15, 0.2) is 0 Å². The topological polar surface area (TPSA) is 53.4 Å². The first-order chi connectivity index (χ1) is 8.75. The normalized spacial score (nSPS) is 10.6. The summed E-state index contributed by atoms with van der Waals surface area (Å²) in [5, 5.41) is 4.07. The molecule has 0 aliphatic carbocycles. The zero-order valence-corrected chi connectivity index (χ0v) is 10.4. The van der Waals surface area contributed by atoms with Crippen LogP contribution >= 0.6 is 0 Å². The van der Waals surface area contributed by atoms with E-state index in [1.807, 2.05) is 38.4 Å². The molecule has 92 valence electrons. The summed E-state index contributed by atoms with van der Waals surface area (Å²) in [5.74, 6) is 0.485. The molecule has 0 radical (unpaired) electrons. The molecule has 1 N–H and O–H groups in total. The SMILES string of the molecule is CN(C)c1ccc(/C=N/Nc2ncccn2)cc1. The number of hydrazone groups is 1. The Morgan fingerprint density at radius 3 is 2.39 bits per heavy atom. The summed E-state index contributed by atoms with van der Waals surface area (Å²) < 4.78 is 0. The second-order valence-corrected chi connectivity index (χ2v) is 3.93. The van der Waals surface area contributed by atoms with Crippen LogP contribution in [-0.4, -0.2) is 30.3 Å². The minimum absolute atomic E-state index is 0.485. The largest absolute Gasteiger partial charge is 0.378 e. The van der Waals surface area contributed by atoms with Gasteiger partial charge in [-0.2, -0.15) is 5.10 Å². The molecule has 18 heavy (non-hydrogen) atoms. The second kappa shape index (κ2) is 5.77. The molecule has 2 rings (SSSR count). The van der Waals surface area contributed by atoms with Gasteiger partial charge in [0.1, 0.15) is 0 Å². The summed E-state index contributed by atoms with van der Waals surface area (Å²) >= 11 is 0. The molecule has 0 bridgehead atoms. The standard InChI is InChI=1S/C13H15N5/c1-18(2)12-6-4-11(5-7-12)10-16-17-13-14-8-3-9-15-13/h3-10H,1-2H3,(H,14,15,17)/b16-10+. The summed E-state index contributed by atoms with van der Waals surface area (Å²) in [6, 6.07) is 9.86. The van der Waals surface area contributed by atoms with Gasteiger partial charge >= 0.3 is 0 Å². The maximum atomic E-state index is 4.07. The number of hydrogen-bond donors (Lipinski definition) is 1. The van der Waals surface area contributed by atoms with Crippen molar-refractivity contribution >= 4 is 17.9 Å². The molecule has 0 atom stereocenters. The number of rotatable bonds is 4. The molecule has 1 heterocycles. The lowest BCUT2D eigenvalue weighted by atomic mass is 10.2. The van der Waals surface area contributed by atoms with Crippen molar-refractivity contribution in [2.75, 3.05) is 24.4 Å². The molecule has 0 unspecified atom stereocenters. The molecule has 0 saturated carbocycles. The van der Waals surface area contributed by atoms with Crippen molar-refractivity contribution in [3.05, 3.63) is 48.3 Å². The lowest BCUT2D eigenvalue weighted by molar-refractivity contribution is 1.12. The Kier molecular flexibility index (Phi) is 3.86. The molecular formula is C13H15N5. The Balaban J connectivity index is 1.97. The van der Waals surface area contributed by atoms with E-state index in [1.165, 1.54) is 0 Å². The van der Waals surface area contributed by atoms with Crippen molar-refractivity contribution in [2.45, 2.75) is 0 Å². The summed E-state index contributed by atoms with van der Waals surface area (Å²) in [5.41, 5.74) is 4.94. The van der Waals surface area contributed by atoms with Crippen molar-refractivity contribution in [2.24, 2.45) is 5.10 Å². The van der Waals surface area contributed by atoms with Crippen LogP contribution in [0.3, 0.4) is 0 Å². The van der Waals surface area contributed by atoms with Gasteiger partial charge in [0.05, 0.1) is 6.21 Å². The van der Waals surface area contributed by atoms with Gasteiger partial charge in [-0.25, -0.2) is 15.4 Å². The van der Waals surface area contributed by atoms with Gasteiger partial charge in [-0.1, -0.05) is 12.1 Å². The minimum atomic E-state index is 0.485. The molecule has 0 spiro atoms. The highest BCUT2D eigenvalue weighted by atomic mass is 15.3. The van der Waals surface area contributed by atoms with Crippen molar-refractivity contribution in [1.82, 2.24) is 9.97 Å². The van der Waals surface area contributed by atoms with Crippen LogP contribution in [0.15, 0.2) is 47.8 Å². The maximum absolute atomic E-state index is 4.07. The fraction of sp³-hybridized carbons (Fsp3) is 0.154. The van der Waals surface area contributed by atoms with Crippen LogP contribution < -0.4 is 10.3 Å². The van der Waals surface area contributed by atoms with Crippen molar-refractivity contribution in [1.29, 1.82) is 0 Å². The first kappa shape index (κ1) is 12.0. The zero-order valence-electron chi connectivity index (χ0n) is 10.4. The molecule has 0 saturated heterocycles. The summed E-state index contributed by atoms with van der Waals surface area (Å²) in [6.45, 7) is 0. The summed E-state index contributed by atoms with van der Waals surface area (Å²) in [4.78, 5) is 10.1. The fourth-order valence-corrected chi connectivity index (χ4v) is 1.38. The van der Waals surface area contributed by atoms with E-state index in [4.69, 9.17) is 0 Å². The second-order valence-electron chi connectivity index (χ2n) is 3.93. The monoisotopic (exact) mass is 241 g/mol. The molecule has 5 heteroatoms. The van der Waals surface area contributed by atoms with Gasteiger partial charge in [0.25, 0.3) is 0 Å². The van der Waals surface area contributed by atoms with Crippen LogP contribution in [0.2, 0.25) is 0 Å². The highest BCUT2D eigenvalue weighted by Gasteiger charge is 1.94. The average Bonchev–Trinajstić information content (AvgIpc) is 2.40. The molecule has 0 aliphatic heterocycles. The third-order valence-corrected chi connectivity index (χ3v) is 2.35. The summed E-state index contributed by atoms with van der Waals surface area (Å²) in [7, 11) is 4.02. The highest BCUT2D eigenvalue weighted by molar-refractivity contribution is 5.80. The lowest BCUT2D eigenvalue weighted by Crippen LogP contribution is -2.08. The number of benzene rings is 1.